The van der Waals surface area contributed by atoms with E-state index in [1.54, 1.807) is 18.2 Å². The number of halogens is 3. The molecule has 0 aromatic heterocycles. The zero-order chi connectivity index (χ0) is 14.5. The average Bonchev–Trinajstić information content (AvgIpc) is 2.42. The Labute approximate surface area is 137 Å². The van der Waals surface area contributed by atoms with Crippen LogP contribution in [0.5, 0.6) is 5.75 Å². The van der Waals surface area contributed by atoms with Gasteiger partial charge < -0.3 is 10.1 Å². The lowest BCUT2D eigenvalue weighted by Gasteiger charge is -2.10. The third-order valence-corrected chi connectivity index (χ3v) is 4.26. The molecule has 106 valence electrons. The Morgan fingerprint density at radius 3 is 2.55 bits per heavy atom. The van der Waals surface area contributed by atoms with Crippen molar-refractivity contribution in [2.75, 3.05) is 7.05 Å². The van der Waals surface area contributed by atoms with Gasteiger partial charge >= 0.3 is 0 Å². The van der Waals surface area contributed by atoms with Gasteiger partial charge in [-0.15, -0.1) is 0 Å². The number of hydrogen-bond acceptors (Lipinski definition) is 2. The quantitative estimate of drug-likeness (QED) is 0.790. The van der Waals surface area contributed by atoms with Gasteiger partial charge in [0.25, 0.3) is 0 Å². The molecule has 0 radical (unpaired) electrons. The lowest BCUT2D eigenvalue weighted by molar-refractivity contribution is 0.305. The lowest BCUT2D eigenvalue weighted by atomic mass is 10.1. The van der Waals surface area contributed by atoms with Gasteiger partial charge in [-0.3, -0.25) is 0 Å². The highest BCUT2D eigenvalue weighted by atomic mass is 79.9. The van der Waals surface area contributed by atoms with Crippen LogP contribution in [-0.4, -0.2) is 7.05 Å². The highest BCUT2D eigenvalue weighted by Crippen LogP contribution is 2.27. The Balaban J connectivity index is 2.05. The summed E-state index contributed by atoms with van der Waals surface area (Å²) in [6.45, 7) is 1.31. The molecule has 0 saturated carbocycles. The van der Waals surface area contributed by atoms with E-state index in [1.165, 1.54) is 5.56 Å². The Kier molecular flexibility index (Phi) is 5.73. The molecule has 2 rings (SSSR count). The Hall–Kier alpha value is -0.740. The van der Waals surface area contributed by atoms with Crippen LogP contribution in [0.25, 0.3) is 0 Å². The van der Waals surface area contributed by atoms with E-state index >= 15 is 0 Å². The molecule has 0 fully saturated rings. The van der Waals surface area contributed by atoms with Gasteiger partial charge in [-0.1, -0.05) is 51.3 Å². The first-order chi connectivity index (χ1) is 9.60. The van der Waals surface area contributed by atoms with Gasteiger partial charge in [-0.25, -0.2) is 0 Å². The maximum atomic E-state index is 5.95. The van der Waals surface area contributed by atoms with Gasteiger partial charge in [0.15, 0.2) is 0 Å². The summed E-state index contributed by atoms with van der Waals surface area (Å²) in [6, 6.07) is 11.5. The summed E-state index contributed by atoms with van der Waals surface area (Å²) in [5.41, 5.74) is 2.30. The molecule has 0 saturated heterocycles. The zero-order valence-corrected chi connectivity index (χ0v) is 14.0. The molecular formula is C15H14BrCl2NO. The fourth-order valence-electron chi connectivity index (χ4n) is 1.75. The van der Waals surface area contributed by atoms with Crippen LogP contribution in [0, 0.1) is 0 Å². The molecule has 1 N–H and O–H groups in total. The predicted octanol–water partition coefficient (Wildman–Crippen LogP) is 5.05. The number of nitrogens with one attached hydrogen (secondary N) is 1. The molecule has 0 aliphatic heterocycles. The zero-order valence-electron chi connectivity index (χ0n) is 10.9. The molecule has 0 bridgehead atoms. The molecule has 20 heavy (non-hydrogen) atoms. The minimum Gasteiger partial charge on any atom is -0.489 e. The van der Waals surface area contributed by atoms with E-state index in [0.29, 0.717) is 22.4 Å². The fraction of sp³-hybridized carbons (Fsp3) is 0.200. The molecule has 2 aromatic rings. The molecular weight excluding hydrogens is 361 g/mol. The SMILES string of the molecule is CNCc1ccc(COc2ccc(Cl)c(Cl)c2)c(Br)c1. The summed E-state index contributed by atoms with van der Waals surface area (Å²) in [6.07, 6.45) is 0. The number of benzene rings is 2. The lowest BCUT2D eigenvalue weighted by Crippen LogP contribution is -2.05. The standard InChI is InChI=1S/C15H14BrCl2NO/c1-19-8-10-2-3-11(13(16)6-10)9-20-12-4-5-14(17)15(18)7-12/h2-7,19H,8-9H2,1H3. The van der Waals surface area contributed by atoms with E-state index < -0.39 is 0 Å². The number of rotatable bonds is 5. The molecule has 0 atom stereocenters. The minimum atomic E-state index is 0.471. The van der Waals surface area contributed by atoms with Crippen molar-refractivity contribution in [1.82, 2.24) is 5.32 Å². The van der Waals surface area contributed by atoms with Crippen LogP contribution in [0.4, 0.5) is 0 Å². The van der Waals surface area contributed by atoms with E-state index in [2.05, 4.69) is 33.4 Å². The molecule has 0 spiro atoms. The molecule has 0 unspecified atom stereocenters. The van der Waals surface area contributed by atoms with E-state index in [4.69, 9.17) is 27.9 Å². The van der Waals surface area contributed by atoms with Crippen molar-refractivity contribution < 1.29 is 4.74 Å². The van der Waals surface area contributed by atoms with E-state index in [1.807, 2.05) is 13.1 Å². The second-order valence-electron chi connectivity index (χ2n) is 4.32. The van der Waals surface area contributed by atoms with Gasteiger partial charge in [-0.2, -0.15) is 0 Å². The van der Waals surface area contributed by atoms with Gasteiger partial charge in [0.05, 0.1) is 10.0 Å². The summed E-state index contributed by atoms with van der Waals surface area (Å²) < 4.78 is 6.75. The van der Waals surface area contributed by atoms with E-state index in [-0.39, 0.29) is 0 Å². The van der Waals surface area contributed by atoms with Crippen LogP contribution in [0.3, 0.4) is 0 Å². The molecule has 2 nitrogen and oxygen atoms in total. The van der Waals surface area contributed by atoms with Crippen molar-refractivity contribution in [3.63, 3.8) is 0 Å². The van der Waals surface area contributed by atoms with Crippen molar-refractivity contribution in [3.05, 3.63) is 62.0 Å². The molecule has 0 amide bonds. The fourth-order valence-corrected chi connectivity index (χ4v) is 2.58. The first-order valence-electron chi connectivity index (χ1n) is 6.10. The topological polar surface area (TPSA) is 21.3 Å². The normalized spacial score (nSPS) is 10.6. The van der Waals surface area contributed by atoms with Crippen molar-refractivity contribution in [2.24, 2.45) is 0 Å². The minimum absolute atomic E-state index is 0.471. The highest BCUT2D eigenvalue weighted by Gasteiger charge is 2.04. The highest BCUT2D eigenvalue weighted by molar-refractivity contribution is 9.10. The Morgan fingerprint density at radius 1 is 1.10 bits per heavy atom. The second-order valence-corrected chi connectivity index (χ2v) is 5.99. The third-order valence-electron chi connectivity index (χ3n) is 2.78. The average molecular weight is 375 g/mol. The van der Waals surface area contributed by atoms with E-state index in [9.17, 15) is 0 Å². The molecule has 2 aromatic carbocycles. The molecule has 5 heteroatoms. The smallest absolute Gasteiger partial charge is 0.121 e. The van der Waals surface area contributed by atoms with Crippen LogP contribution < -0.4 is 10.1 Å². The van der Waals surface area contributed by atoms with Crippen LogP contribution in [0.15, 0.2) is 40.9 Å². The van der Waals surface area contributed by atoms with Crippen molar-refractivity contribution in [3.8, 4) is 5.75 Å². The van der Waals surface area contributed by atoms with Crippen molar-refractivity contribution in [1.29, 1.82) is 0 Å². The monoisotopic (exact) mass is 373 g/mol. The first-order valence-corrected chi connectivity index (χ1v) is 7.65. The molecule has 0 heterocycles. The summed E-state index contributed by atoms with van der Waals surface area (Å²) in [5, 5.41) is 4.14. The molecule has 0 aliphatic carbocycles. The third kappa shape index (κ3) is 4.13. The summed E-state index contributed by atoms with van der Waals surface area (Å²) in [5.74, 6) is 0.700. The summed E-state index contributed by atoms with van der Waals surface area (Å²) in [4.78, 5) is 0. The van der Waals surface area contributed by atoms with Crippen LogP contribution in [0.1, 0.15) is 11.1 Å². The maximum Gasteiger partial charge on any atom is 0.121 e. The predicted molar refractivity (Wildman–Crippen MR) is 87.7 cm³/mol. The van der Waals surface area contributed by atoms with Crippen LogP contribution in [0.2, 0.25) is 10.0 Å². The van der Waals surface area contributed by atoms with Gasteiger partial charge in [0.1, 0.15) is 12.4 Å². The Bertz CT molecular complexity index is 604. The Morgan fingerprint density at radius 2 is 1.90 bits per heavy atom. The number of ether oxygens (including phenoxy) is 1. The van der Waals surface area contributed by atoms with Crippen molar-refractivity contribution in [2.45, 2.75) is 13.2 Å². The maximum absolute atomic E-state index is 5.95. The summed E-state index contributed by atoms with van der Waals surface area (Å²) >= 11 is 15.4. The van der Waals surface area contributed by atoms with Gasteiger partial charge in [-0.05, 0) is 30.8 Å². The van der Waals surface area contributed by atoms with E-state index in [0.717, 1.165) is 16.6 Å². The van der Waals surface area contributed by atoms with Gasteiger partial charge in [0.2, 0.25) is 0 Å². The number of hydrogen-bond donors (Lipinski definition) is 1. The van der Waals surface area contributed by atoms with Crippen LogP contribution in [-0.2, 0) is 13.2 Å². The largest absolute Gasteiger partial charge is 0.489 e. The summed E-state index contributed by atoms with van der Waals surface area (Å²) in [7, 11) is 1.93. The van der Waals surface area contributed by atoms with Gasteiger partial charge in [0, 0.05) is 22.6 Å². The van der Waals surface area contributed by atoms with Crippen molar-refractivity contribution >= 4 is 39.1 Å². The second kappa shape index (κ2) is 7.32. The molecule has 0 aliphatic rings. The first kappa shape index (κ1) is 15.6. The van der Waals surface area contributed by atoms with Crippen LogP contribution >= 0.6 is 39.1 Å².